The number of hydrogen-bond acceptors (Lipinski definition) is 4. The predicted octanol–water partition coefficient (Wildman–Crippen LogP) is 4.75. The van der Waals surface area contributed by atoms with E-state index in [-0.39, 0.29) is 17.6 Å². The van der Waals surface area contributed by atoms with E-state index >= 15 is 0 Å². The molecule has 0 radical (unpaired) electrons. The van der Waals surface area contributed by atoms with Crippen LogP contribution in [0.2, 0.25) is 0 Å². The van der Waals surface area contributed by atoms with Crippen molar-refractivity contribution >= 4 is 18.0 Å². The number of esters is 1. The van der Waals surface area contributed by atoms with Gasteiger partial charge in [0.2, 0.25) is 5.78 Å². The molecule has 0 N–H and O–H groups in total. The molecule has 0 amide bonds. The molecule has 0 aromatic rings. The number of hydrogen-bond donors (Lipinski definition) is 0. The average Bonchev–Trinajstić information content (AvgIpc) is 2.77. The highest BCUT2D eigenvalue weighted by Gasteiger charge is 2.29. The number of rotatable bonds is 7. The van der Waals surface area contributed by atoms with Gasteiger partial charge in [0.25, 0.3) is 0 Å². The number of Topliss-reactive ketones (excluding diaryl/α,β-unsaturated/α-hetero) is 1. The standard InChI is InChI=1S/C25H28O4/c1-3-23(24(27)18-9-5-4-6-10-18)29-25(28)19-14-13-17(2)22(15-19)21-12-8-7-11-20(21)16-26/h5,7,9-11,13-17,22-23H,3-4,6,8,12H2,1-2H3. The van der Waals surface area contributed by atoms with Gasteiger partial charge in [-0.3, -0.25) is 9.59 Å². The molecule has 0 saturated carbocycles. The van der Waals surface area contributed by atoms with Crippen molar-refractivity contribution in [2.75, 3.05) is 0 Å². The fraction of sp³-hybridized carbons (Fsp3) is 0.400. The monoisotopic (exact) mass is 392 g/mol. The van der Waals surface area contributed by atoms with E-state index in [0.29, 0.717) is 23.1 Å². The highest BCUT2D eigenvalue weighted by molar-refractivity contribution is 6.03. The first-order valence-corrected chi connectivity index (χ1v) is 10.4. The van der Waals surface area contributed by atoms with Crippen molar-refractivity contribution in [1.29, 1.82) is 0 Å². The Morgan fingerprint density at radius 1 is 1.14 bits per heavy atom. The van der Waals surface area contributed by atoms with E-state index in [1.54, 1.807) is 6.08 Å². The third-order valence-electron chi connectivity index (χ3n) is 5.71. The van der Waals surface area contributed by atoms with E-state index in [4.69, 9.17) is 4.74 Å². The van der Waals surface area contributed by atoms with Gasteiger partial charge in [-0.25, -0.2) is 4.79 Å². The second-order valence-corrected chi connectivity index (χ2v) is 7.71. The van der Waals surface area contributed by atoms with Gasteiger partial charge in [0, 0.05) is 17.1 Å². The molecular weight excluding hydrogens is 364 g/mol. The van der Waals surface area contributed by atoms with Crippen molar-refractivity contribution in [1.82, 2.24) is 0 Å². The lowest BCUT2D eigenvalue weighted by Gasteiger charge is -2.28. The molecule has 29 heavy (non-hydrogen) atoms. The molecule has 0 spiro atoms. The molecule has 3 unspecified atom stereocenters. The van der Waals surface area contributed by atoms with Crippen LogP contribution in [0.1, 0.15) is 46.0 Å². The van der Waals surface area contributed by atoms with Gasteiger partial charge in [0.05, 0.1) is 5.57 Å². The Labute approximate surface area is 172 Å². The van der Waals surface area contributed by atoms with Crippen LogP contribution in [0.25, 0.3) is 0 Å². The SMILES string of the molecule is CCC(OC(=O)C1=CC(C2=C(C=O)C=CCC2)C(C)C=C1)C(=O)C1=CCCC=C1. The summed E-state index contributed by atoms with van der Waals surface area (Å²) in [6, 6.07) is 0. The van der Waals surface area contributed by atoms with Crippen LogP contribution in [0.4, 0.5) is 0 Å². The van der Waals surface area contributed by atoms with E-state index in [1.807, 2.05) is 49.5 Å². The number of carbonyl (C=O) groups excluding carboxylic acids is 3. The number of allylic oxidation sites excluding steroid dienone is 9. The first-order valence-electron chi connectivity index (χ1n) is 10.4. The molecule has 3 aliphatic rings. The lowest BCUT2D eigenvalue weighted by atomic mass is 9.77. The fourth-order valence-electron chi connectivity index (χ4n) is 4.01. The van der Waals surface area contributed by atoms with Crippen molar-refractivity contribution in [3.05, 3.63) is 70.9 Å². The Balaban J connectivity index is 1.78. The lowest BCUT2D eigenvalue weighted by molar-refractivity contribution is -0.149. The minimum Gasteiger partial charge on any atom is -0.450 e. The zero-order valence-electron chi connectivity index (χ0n) is 17.1. The van der Waals surface area contributed by atoms with Crippen molar-refractivity contribution in [3.63, 3.8) is 0 Å². The Bertz CT molecular complexity index is 863. The summed E-state index contributed by atoms with van der Waals surface area (Å²) in [6.07, 6.45) is 19.2. The summed E-state index contributed by atoms with van der Waals surface area (Å²) in [5, 5.41) is 0. The first-order chi connectivity index (χ1) is 14.0. The molecule has 0 aliphatic heterocycles. The summed E-state index contributed by atoms with van der Waals surface area (Å²) < 4.78 is 5.60. The van der Waals surface area contributed by atoms with Gasteiger partial charge in [0.15, 0.2) is 6.10 Å². The van der Waals surface area contributed by atoms with Gasteiger partial charge < -0.3 is 4.74 Å². The minimum absolute atomic E-state index is 0.0209. The normalized spacial score (nSPS) is 24.6. The maximum absolute atomic E-state index is 12.8. The minimum atomic E-state index is -0.786. The Hall–Kier alpha value is -2.75. The van der Waals surface area contributed by atoms with Crippen LogP contribution in [0.5, 0.6) is 0 Å². The fourth-order valence-corrected chi connectivity index (χ4v) is 4.01. The molecule has 4 heteroatoms. The van der Waals surface area contributed by atoms with E-state index in [9.17, 15) is 14.4 Å². The summed E-state index contributed by atoms with van der Waals surface area (Å²) in [7, 11) is 0. The molecule has 3 atom stereocenters. The molecule has 3 aliphatic carbocycles. The summed E-state index contributed by atoms with van der Waals surface area (Å²) in [4.78, 5) is 37.0. The van der Waals surface area contributed by atoms with Crippen molar-refractivity contribution in [2.45, 2.75) is 52.1 Å². The Morgan fingerprint density at radius 2 is 1.93 bits per heavy atom. The van der Waals surface area contributed by atoms with Gasteiger partial charge in [-0.15, -0.1) is 0 Å². The third kappa shape index (κ3) is 4.81. The van der Waals surface area contributed by atoms with Gasteiger partial charge in [0.1, 0.15) is 6.29 Å². The van der Waals surface area contributed by atoms with Gasteiger partial charge in [-0.1, -0.05) is 68.0 Å². The van der Waals surface area contributed by atoms with Crippen molar-refractivity contribution in [3.8, 4) is 0 Å². The van der Waals surface area contributed by atoms with Crippen LogP contribution in [-0.4, -0.2) is 24.1 Å². The Morgan fingerprint density at radius 3 is 2.62 bits per heavy atom. The van der Waals surface area contributed by atoms with Crippen LogP contribution >= 0.6 is 0 Å². The highest BCUT2D eigenvalue weighted by Crippen LogP contribution is 2.35. The third-order valence-corrected chi connectivity index (χ3v) is 5.71. The maximum atomic E-state index is 12.8. The molecule has 0 bridgehead atoms. The average molecular weight is 392 g/mol. The second kappa shape index (κ2) is 9.64. The van der Waals surface area contributed by atoms with Gasteiger partial charge in [-0.2, -0.15) is 0 Å². The molecule has 4 nitrogen and oxygen atoms in total. The molecule has 0 saturated heterocycles. The smallest absolute Gasteiger partial charge is 0.338 e. The first kappa shape index (κ1) is 21.0. The highest BCUT2D eigenvalue weighted by atomic mass is 16.5. The summed E-state index contributed by atoms with van der Waals surface area (Å²) in [5.41, 5.74) is 2.82. The summed E-state index contributed by atoms with van der Waals surface area (Å²) >= 11 is 0. The van der Waals surface area contributed by atoms with E-state index in [0.717, 1.165) is 37.5 Å². The largest absolute Gasteiger partial charge is 0.450 e. The van der Waals surface area contributed by atoms with Crippen LogP contribution in [0, 0.1) is 11.8 Å². The van der Waals surface area contributed by atoms with E-state index in [1.165, 1.54) is 0 Å². The molecular formula is C25H28O4. The topological polar surface area (TPSA) is 60.4 Å². The molecule has 0 heterocycles. The van der Waals surface area contributed by atoms with Gasteiger partial charge >= 0.3 is 5.97 Å². The summed E-state index contributed by atoms with van der Waals surface area (Å²) in [5.74, 6) is -0.472. The lowest BCUT2D eigenvalue weighted by Crippen LogP contribution is -2.29. The molecule has 152 valence electrons. The molecule has 3 rings (SSSR count). The maximum Gasteiger partial charge on any atom is 0.338 e. The molecule has 0 fully saturated rings. The number of ketones is 1. The summed E-state index contributed by atoms with van der Waals surface area (Å²) in [6.45, 7) is 3.92. The number of aldehydes is 1. The molecule has 0 aromatic carbocycles. The van der Waals surface area contributed by atoms with Crippen molar-refractivity contribution in [2.24, 2.45) is 11.8 Å². The van der Waals surface area contributed by atoms with Crippen LogP contribution in [-0.2, 0) is 19.1 Å². The van der Waals surface area contributed by atoms with Crippen molar-refractivity contribution < 1.29 is 19.1 Å². The second-order valence-electron chi connectivity index (χ2n) is 7.71. The van der Waals surface area contributed by atoms with Gasteiger partial charge in [-0.05, 0) is 38.0 Å². The van der Waals surface area contributed by atoms with Crippen LogP contribution in [0.3, 0.4) is 0 Å². The van der Waals surface area contributed by atoms with Crippen LogP contribution < -0.4 is 0 Å². The zero-order chi connectivity index (χ0) is 20.8. The van der Waals surface area contributed by atoms with Crippen LogP contribution in [0.15, 0.2) is 70.9 Å². The predicted molar refractivity (Wildman–Crippen MR) is 113 cm³/mol. The zero-order valence-corrected chi connectivity index (χ0v) is 17.1. The number of carbonyl (C=O) groups is 3. The number of ether oxygens (including phenoxy) is 1. The molecule has 0 aromatic heterocycles. The Kier molecular flexibility index (Phi) is 6.97. The van der Waals surface area contributed by atoms with E-state index in [2.05, 4.69) is 6.92 Å². The van der Waals surface area contributed by atoms with E-state index < -0.39 is 12.1 Å². The quantitative estimate of drug-likeness (QED) is 0.463.